The monoisotopic (exact) mass is 322 g/mol. The zero-order valence-electron chi connectivity index (χ0n) is 11.9. The lowest BCUT2D eigenvalue weighted by Crippen LogP contribution is -2.32. The van der Waals surface area contributed by atoms with Gasteiger partial charge in [-0.2, -0.15) is 0 Å². The van der Waals surface area contributed by atoms with E-state index in [4.69, 9.17) is 32.7 Å². The van der Waals surface area contributed by atoms with Gasteiger partial charge in [0.25, 0.3) is 0 Å². The largest absolute Gasteiger partial charge is 0.508 e. The molecule has 0 aromatic heterocycles. The van der Waals surface area contributed by atoms with E-state index >= 15 is 0 Å². The van der Waals surface area contributed by atoms with Gasteiger partial charge in [0.05, 0.1) is 11.8 Å². The molecule has 0 amide bonds. The van der Waals surface area contributed by atoms with Crippen LogP contribution in [0, 0.1) is 11.8 Å². The molecule has 2 rings (SSSR count). The Morgan fingerprint density at radius 3 is 1.50 bits per heavy atom. The van der Waals surface area contributed by atoms with E-state index in [0.29, 0.717) is 23.6 Å². The van der Waals surface area contributed by atoms with E-state index in [-0.39, 0.29) is 12.2 Å². The average Bonchev–Trinajstić information content (AvgIpc) is 3.14. The lowest BCUT2D eigenvalue weighted by atomic mass is 10.0. The molecular weight excluding hydrogens is 299 g/mol. The first-order valence-corrected chi connectivity index (χ1v) is 8.80. The number of halogens is 2. The highest BCUT2D eigenvalue weighted by Crippen LogP contribution is 2.32. The summed E-state index contributed by atoms with van der Waals surface area (Å²) in [6.45, 7) is 0. The summed E-state index contributed by atoms with van der Waals surface area (Å²) in [5, 5.41) is 0. The van der Waals surface area contributed by atoms with Crippen LogP contribution in [-0.4, -0.2) is 30.1 Å². The van der Waals surface area contributed by atoms with E-state index in [1.165, 1.54) is 25.7 Å². The maximum atomic E-state index is 11.9. The van der Waals surface area contributed by atoms with Gasteiger partial charge in [-0.25, -0.2) is 4.79 Å². The SMILES string of the molecule is O=C(OC(CCl)C1CCCC1)OC(CCl)C1CCCC1. The van der Waals surface area contributed by atoms with Gasteiger partial charge in [0, 0.05) is 0 Å². The second kappa shape index (κ2) is 8.33. The highest BCUT2D eigenvalue weighted by molar-refractivity contribution is 6.18. The van der Waals surface area contributed by atoms with Crippen LogP contribution in [-0.2, 0) is 9.47 Å². The molecule has 116 valence electrons. The Kier molecular flexibility index (Phi) is 6.76. The standard InChI is InChI=1S/C15H24Cl2O3/c16-9-13(11-5-1-2-6-11)19-15(18)20-14(10-17)12-7-3-4-8-12/h11-14H,1-10H2. The first-order valence-electron chi connectivity index (χ1n) is 7.73. The molecule has 2 saturated carbocycles. The molecule has 0 spiro atoms. The fraction of sp³-hybridized carbons (Fsp3) is 0.933. The third-order valence-electron chi connectivity index (χ3n) is 4.65. The Morgan fingerprint density at radius 1 is 0.850 bits per heavy atom. The summed E-state index contributed by atoms with van der Waals surface area (Å²) in [5.41, 5.74) is 0. The van der Waals surface area contributed by atoms with Crippen LogP contribution in [0.4, 0.5) is 4.79 Å². The molecule has 0 radical (unpaired) electrons. The molecule has 0 aromatic rings. The first-order chi connectivity index (χ1) is 9.74. The quantitative estimate of drug-likeness (QED) is 0.523. The highest BCUT2D eigenvalue weighted by Gasteiger charge is 2.31. The molecule has 0 aromatic carbocycles. The van der Waals surface area contributed by atoms with E-state index < -0.39 is 6.16 Å². The minimum atomic E-state index is -0.597. The molecule has 2 aliphatic carbocycles. The van der Waals surface area contributed by atoms with Crippen LogP contribution in [0.3, 0.4) is 0 Å². The number of ether oxygens (including phenoxy) is 2. The van der Waals surface area contributed by atoms with Crippen LogP contribution in [0.2, 0.25) is 0 Å². The summed E-state index contributed by atoms with van der Waals surface area (Å²) in [5.74, 6) is 1.46. The normalized spacial score (nSPS) is 23.7. The van der Waals surface area contributed by atoms with Crippen LogP contribution >= 0.6 is 23.2 Å². The van der Waals surface area contributed by atoms with Crippen LogP contribution in [0.5, 0.6) is 0 Å². The maximum absolute atomic E-state index is 11.9. The van der Waals surface area contributed by atoms with E-state index in [2.05, 4.69) is 0 Å². The Labute approximate surface area is 131 Å². The van der Waals surface area contributed by atoms with Crippen LogP contribution in [0.15, 0.2) is 0 Å². The average molecular weight is 323 g/mol. The predicted octanol–water partition coefficient (Wildman–Crippen LogP) is 4.73. The molecule has 2 atom stereocenters. The van der Waals surface area contributed by atoms with Crippen LogP contribution in [0.25, 0.3) is 0 Å². The number of carbonyl (C=O) groups excluding carboxylic acids is 1. The fourth-order valence-electron chi connectivity index (χ4n) is 3.44. The maximum Gasteiger partial charge on any atom is 0.508 e. The third kappa shape index (κ3) is 4.42. The van der Waals surface area contributed by atoms with E-state index in [9.17, 15) is 4.79 Å². The van der Waals surface area contributed by atoms with Crippen LogP contribution in [0.1, 0.15) is 51.4 Å². The first kappa shape index (κ1) is 16.2. The zero-order valence-corrected chi connectivity index (χ0v) is 13.4. The number of alkyl halides is 2. The second-order valence-electron chi connectivity index (χ2n) is 5.96. The molecule has 0 N–H and O–H groups in total. The fourth-order valence-corrected chi connectivity index (χ4v) is 4.07. The Balaban J connectivity index is 1.80. The van der Waals surface area contributed by atoms with Crippen molar-refractivity contribution in [1.29, 1.82) is 0 Å². The lowest BCUT2D eigenvalue weighted by Gasteiger charge is -2.25. The summed E-state index contributed by atoms with van der Waals surface area (Å²) >= 11 is 11.9. The number of hydrogen-bond donors (Lipinski definition) is 0. The van der Waals surface area contributed by atoms with Crippen molar-refractivity contribution in [3.05, 3.63) is 0 Å². The molecule has 2 unspecified atom stereocenters. The van der Waals surface area contributed by atoms with E-state index in [1.807, 2.05) is 0 Å². The van der Waals surface area contributed by atoms with E-state index in [1.54, 1.807) is 0 Å². The molecule has 0 heterocycles. The Morgan fingerprint density at radius 2 is 1.20 bits per heavy atom. The summed E-state index contributed by atoms with van der Waals surface area (Å²) in [6.07, 6.45) is 8.12. The topological polar surface area (TPSA) is 35.5 Å². The van der Waals surface area contributed by atoms with Gasteiger partial charge in [-0.3, -0.25) is 0 Å². The number of hydrogen-bond acceptors (Lipinski definition) is 3. The van der Waals surface area contributed by atoms with Gasteiger partial charge in [0.2, 0.25) is 0 Å². The van der Waals surface area contributed by atoms with Crippen LogP contribution < -0.4 is 0 Å². The van der Waals surface area contributed by atoms with Crippen molar-refractivity contribution < 1.29 is 14.3 Å². The van der Waals surface area contributed by atoms with Crippen molar-refractivity contribution in [2.24, 2.45) is 11.8 Å². The molecule has 20 heavy (non-hydrogen) atoms. The third-order valence-corrected chi connectivity index (χ3v) is 5.26. The molecule has 2 aliphatic rings. The van der Waals surface area contributed by atoms with Gasteiger partial charge in [-0.15, -0.1) is 23.2 Å². The van der Waals surface area contributed by atoms with Crippen molar-refractivity contribution in [2.45, 2.75) is 63.6 Å². The number of rotatable bonds is 6. The summed E-state index contributed by atoms with van der Waals surface area (Å²) in [6, 6.07) is 0. The minimum absolute atomic E-state index is 0.216. The molecule has 0 aliphatic heterocycles. The molecule has 2 fully saturated rings. The van der Waals surface area contributed by atoms with Gasteiger partial charge in [-0.1, -0.05) is 25.7 Å². The zero-order chi connectivity index (χ0) is 14.4. The second-order valence-corrected chi connectivity index (χ2v) is 6.58. The predicted molar refractivity (Wildman–Crippen MR) is 80.5 cm³/mol. The van der Waals surface area contributed by atoms with E-state index in [0.717, 1.165) is 25.7 Å². The Hall–Kier alpha value is -0.150. The molecule has 0 bridgehead atoms. The number of carbonyl (C=O) groups is 1. The minimum Gasteiger partial charge on any atom is -0.429 e. The summed E-state index contributed by atoms with van der Waals surface area (Å²) < 4.78 is 10.8. The lowest BCUT2D eigenvalue weighted by molar-refractivity contribution is -0.0186. The van der Waals surface area contributed by atoms with Gasteiger partial charge < -0.3 is 9.47 Å². The summed E-state index contributed by atoms with van der Waals surface area (Å²) in [4.78, 5) is 11.9. The van der Waals surface area contributed by atoms with Crippen molar-refractivity contribution in [1.82, 2.24) is 0 Å². The summed E-state index contributed by atoms with van der Waals surface area (Å²) in [7, 11) is 0. The smallest absolute Gasteiger partial charge is 0.429 e. The molecule has 0 saturated heterocycles. The molecule has 5 heteroatoms. The van der Waals surface area contributed by atoms with Gasteiger partial charge in [0.15, 0.2) is 0 Å². The van der Waals surface area contributed by atoms with Gasteiger partial charge in [-0.05, 0) is 37.5 Å². The molecule has 3 nitrogen and oxygen atoms in total. The van der Waals surface area contributed by atoms with Gasteiger partial charge in [0.1, 0.15) is 12.2 Å². The van der Waals surface area contributed by atoms with Crippen molar-refractivity contribution in [3.63, 3.8) is 0 Å². The van der Waals surface area contributed by atoms with Gasteiger partial charge >= 0.3 is 6.16 Å². The van der Waals surface area contributed by atoms with Crippen molar-refractivity contribution in [3.8, 4) is 0 Å². The Bertz CT molecular complexity index is 271. The molecular formula is C15H24Cl2O3. The van der Waals surface area contributed by atoms with Crippen molar-refractivity contribution in [2.75, 3.05) is 11.8 Å². The van der Waals surface area contributed by atoms with Crippen molar-refractivity contribution >= 4 is 29.4 Å². The highest BCUT2D eigenvalue weighted by atomic mass is 35.5.